The van der Waals surface area contributed by atoms with E-state index in [0.717, 1.165) is 50.8 Å². The van der Waals surface area contributed by atoms with Crippen molar-refractivity contribution < 1.29 is 9.53 Å². The SMILES string of the molecule is CCC(CC)N(C(=O)c1cc2n(n1)CCCO2)C1CCCc2cccnc21. The number of hydrogen-bond donors (Lipinski definition) is 0. The lowest BCUT2D eigenvalue weighted by atomic mass is 9.89. The average molecular weight is 368 g/mol. The van der Waals surface area contributed by atoms with Crippen molar-refractivity contribution in [2.75, 3.05) is 6.61 Å². The second-order valence-electron chi connectivity index (χ2n) is 7.43. The number of pyridine rings is 1. The lowest BCUT2D eigenvalue weighted by Gasteiger charge is -2.39. The van der Waals surface area contributed by atoms with E-state index < -0.39 is 0 Å². The molecule has 1 aliphatic heterocycles. The maximum Gasteiger partial charge on any atom is 0.275 e. The Balaban J connectivity index is 1.72. The molecule has 3 heterocycles. The number of nitrogens with zero attached hydrogens (tertiary/aromatic N) is 4. The molecule has 0 saturated heterocycles. The molecule has 1 aliphatic carbocycles. The van der Waals surface area contributed by atoms with Gasteiger partial charge in [-0.2, -0.15) is 5.10 Å². The monoisotopic (exact) mass is 368 g/mol. The molecule has 0 aromatic carbocycles. The topological polar surface area (TPSA) is 60.2 Å². The van der Waals surface area contributed by atoms with Crippen molar-refractivity contribution in [3.63, 3.8) is 0 Å². The summed E-state index contributed by atoms with van der Waals surface area (Å²) in [7, 11) is 0. The van der Waals surface area contributed by atoms with Gasteiger partial charge >= 0.3 is 0 Å². The highest BCUT2D eigenvalue weighted by Crippen LogP contribution is 2.36. The molecule has 4 rings (SSSR count). The maximum atomic E-state index is 13.6. The highest BCUT2D eigenvalue weighted by molar-refractivity contribution is 5.93. The van der Waals surface area contributed by atoms with Crippen LogP contribution in [-0.2, 0) is 13.0 Å². The van der Waals surface area contributed by atoms with Gasteiger partial charge in [-0.3, -0.25) is 9.78 Å². The Morgan fingerprint density at radius 1 is 1.37 bits per heavy atom. The van der Waals surface area contributed by atoms with Crippen molar-refractivity contribution in [2.45, 2.75) is 71.0 Å². The molecule has 144 valence electrons. The third-order valence-corrected chi connectivity index (χ3v) is 5.80. The molecule has 0 spiro atoms. The number of aromatic nitrogens is 3. The summed E-state index contributed by atoms with van der Waals surface area (Å²) >= 11 is 0. The fraction of sp³-hybridized carbons (Fsp3) is 0.571. The van der Waals surface area contributed by atoms with Crippen LogP contribution in [0.1, 0.15) is 73.7 Å². The summed E-state index contributed by atoms with van der Waals surface area (Å²) in [6.45, 7) is 5.80. The first-order valence-corrected chi connectivity index (χ1v) is 10.2. The molecule has 1 atom stereocenters. The molecular weight excluding hydrogens is 340 g/mol. The van der Waals surface area contributed by atoms with Crippen LogP contribution in [0.25, 0.3) is 0 Å². The Bertz CT molecular complexity index is 789. The molecule has 27 heavy (non-hydrogen) atoms. The summed E-state index contributed by atoms with van der Waals surface area (Å²) in [6, 6.07) is 6.14. The molecule has 6 heteroatoms. The first kappa shape index (κ1) is 18.0. The van der Waals surface area contributed by atoms with Crippen molar-refractivity contribution in [2.24, 2.45) is 0 Å². The molecule has 0 radical (unpaired) electrons. The zero-order valence-corrected chi connectivity index (χ0v) is 16.2. The number of rotatable bonds is 5. The Morgan fingerprint density at radius 2 is 2.22 bits per heavy atom. The maximum absolute atomic E-state index is 13.6. The number of aryl methyl sites for hydroxylation is 2. The summed E-state index contributed by atoms with van der Waals surface area (Å²) in [5.74, 6) is 0.703. The normalized spacial score (nSPS) is 18.6. The quantitative estimate of drug-likeness (QED) is 0.806. The molecule has 1 amide bonds. The number of hydrogen-bond acceptors (Lipinski definition) is 4. The first-order chi connectivity index (χ1) is 13.2. The van der Waals surface area contributed by atoms with Crippen LogP contribution < -0.4 is 4.74 Å². The van der Waals surface area contributed by atoms with Gasteiger partial charge in [0.1, 0.15) is 0 Å². The minimum atomic E-state index is -0.00213. The fourth-order valence-corrected chi connectivity index (χ4v) is 4.40. The Hall–Kier alpha value is -2.37. The number of amides is 1. The first-order valence-electron chi connectivity index (χ1n) is 10.2. The van der Waals surface area contributed by atoms with Gasteiger partial charge in [0.05, 0.1) is 18.3 Å². The van der Waals surface area contributed by atoms with Crippen LogP contribution in [0.2, 0.25) is 0 Å². The Kier molecular flexibility index (Phi) is 5.14. The molecule has 2 aliphatic rings. The van der Waals surface area contributed by atoms with Crippen LogP contribution in [-0.4, -0.2) is 38.2 Å². The van der Waals surface area contributed by atoms with Crippen molar-refractivity contribution in [1.29, 1.82) is 0 Å². The lowest BCUT2D eigenvalue weighted by molar-refractivity contribution is 0.0512. The van der Waals surface area contributed by atoms with E-state index >= 15 is 0 Å². The van der Waals surface area contributed by atoms with Gasteiger partial charge in [-0.15, -0.1) is 0 Å². The van der Waals surface area contributed by atoms with E-state index in [1.54, 1.807) is 6.07 Å². The van der Waals surface area contributed by atoms with Crippen molar-refractivity contribution in [3.05, 3.63) is 41.3 Å². The molecule has 0 saturated carbocycles. The summed E-state index contributed by atoms with van der Waals surface area (Å²) in [5, 5.41) is 4.55. The number of carbonyl (C=O) groups excluding carboxylic acids is 1. The van der Waals surface area contributed by atoms with Crippen LogP contribution in [0.15, 0.2) is 24.4 Å². The van der Waals surface area contributed by atoms with Crippen LogP contribution in [0, 0.1) is 0 Å². The second kappa shape index (κ2) is 7.71. The van der Waals surface area contributed by atoms with Gasteiger partial charge < -0.3 is 9.64 Å². The second-order valence-corrected chi connectivity index (χ2v) is 7.43. The minimum absolute atomic E-state index is 0.00213. The lowest BCUT2D eigenvalue weighted by Crippen LogP contribution is -2.44. The number of ether oxygens (including phenoxy) is 1. The van der Waals surface area contributed by atoms with Gasteiger partial charge in [-0.1, -0.05) is 19.9 Å². The van der Waals surface area contributed by atoms with Gasteiger partial charge in [-0.05, 0) is 43.7 Å². The fourth-order valence-electron chi connectivity index (χ4n) is 4.40. The van der Waals surface area contributed by atoms with Crippen molar-refractivity contribution in [1.82, 2.24) is 19.7 Å². The van der Waals surface area contributed by atoms with E-state index in [1.807, 2.05) is 16.9 Å². The van der Waals surface area contributed by atoms with Crippen LogP contribution in [0.5, 0.6) is 5.88 Å². The van der Waals surface area contributed by atoms with Crippen molar-refractivity contribution >= 4 is 5.91 Å². The highest BCUT2D eigenvalue weighted by Gasteiger charge is 2.36. The van der Waals surface area contributed by atoms with E-state index in [9.17, 15) is 4.79 Å². The molecular formula is C21H28N4O2. The third-order valence-electron chi connectivity index (χ3n) is 5.80. The van der Waals surface area contributed by atoms with E-state index in [4.69, 9.17) is 4.74 Å². The molecule has 2 aromatic heterocycles. The number of fused-ring (bicyclic) bond motifs is 2. The summed E-state index contributed by atoms with van der Waals surface area (Å²) < 4.78 is 7.48. The van der Waals surface area contributed by atoms with Gasteiger partial charge in [0.25, 0.3) is 5.91 Å². The average Bonchev–Trinajstić information content (AvgIpc) is 3.15. The van der Waals surface area contributed by atoms with E-state index in [2.05, 4.69) is 34.9 Å². The van der Waals surface area contributed by atoms with E-state index in [0.29, 0.717) is 18.2 Å². The summed E-state index contributed by atoms with van der Waals surface area (Å²) in [5.41, 5.74) is 2.82. The molecule has 0 fully saturated rings. The molecule has 0 bridgehead atoms. The zero-order valence-electron chi connectivity index (χ0n) is 16.2. The van der Waals surface area contributed by atoms with Gasteiger partial charge in [0.2, 0.25) is 5.88 Å². The number of carbonyl (C=O) groups is 1. The van der Waals surface area contributed by atoms with Crippen molar-refractivity contribution in [3.8, 4) is 5.88 Å². The largest absolute Gasteiger partial charge is 0.478 e. The van der Waals surface area contributed by atoms with Gasteiger partial charge in [0.15, 0.2) is 5.69 Å². The smallest absolute Gasteiger partial charge is 0.275 e. The summed E-state index contributed by atoms with van der Waals surface area (Å²) in [6.07, 6.45) is 7.69. The van der Waals surface area contributed by atoms with Gasteiger partial charge in [-0.25, -0.2) is 4.68 Å². The molecule has 6 nitrogen and oxygen atoms in total. The minimum Gasteiger partial charge on any atom is -0.478 e. The standard InChI is InChI=1S/C21H28N4O2/c1-3-16(4-2)25(18-10-5-8-15-9-6-11-22-20(15)18)21(26)17-14-19-24(23-17)12-7-13-27-19/h6,9,11,14,16,18H,3-5,7-8,10,12-13H2,1-2H3. The van der Waals surface area contributed by atoms with Crippen LogP contribution in [0.4, 0.5) is 0 Å². The zero-order chi connectivity index (χ0) is 18.8. The molecule has 1 unspecified atom stereocenters. The predicted octanol–water partition coefficient (Wildman–Crippen LogP) is 3.77. The third kappa shape index (κ3) is 3.33. The molecule has 2 aromatic rings. The van der Waals surface area contributed by atoms with Crippen LogP contribution >= 0.6 is 0 Å². The van der Waals surface area contributed by atoms with Gasteiger partial charge in [0, 0.05) is 31.3 Å². The Labute approximate surface area is 160 Å². The molecule has 0 N–H and O–H groups in total. The van der Waals surface area contributed by atoms with Crippen LogP contribution in [0.3, 0.4) is 0 Å². The highest BCUT2D eigenvalue weighted by atomic mass is 16.5. The van der Waals surface area contributed by atoms with E-state index in [-0.39, 0.29) is 18.0 Å². The summed E-state index contributed by atoms with van der Waals surface area (Å²) in [4.78, 5) is 20.3. The Morgan fingerprint density at radius 3 is 3.00 bits per heavy atom. The predicted molar refractivity (Wildman–Crippen MR) is 103 cm³/mol. The van der Waals surface area contributed by atoms with E-state index in [1.165, 1.54) is 5.56 Å².